The molecule has 0 saturated carbocycles. The number of ether oxygens (including phenoxy) is 1. The standard InChI is InChI=1S/C15H29BrO2/c1-3-5-9-14(4-2)11-13-18-15(17)10-7-6-8-12-16/h14H,3-13H2,1-2H3. The second kappa shape index (κ2) is 13.4. The molecule has 0 fully saturated rings. The molecule has 1 atom stereocenters. The lowest BCUT2D eigenvalue weighted by Gasteiger charge is -2.14. The van der Waals surface area contributed by atoms with Crippen molar-refractivity contribution in [3.8, 4) is 0 Å². The molecule has 0 rings (SSSR count). The normalized spacial score (nSPS) is 12.4. The maximum absolute atomic E-state index is 11.5. The summed E-state index contributed by atoms with van der Waals surface area (Å²) in [6.07, 6.45) is 9.83. The first-order valence-electron chi connectivity index (χ1n) is 7.46. The van der Waals surface area contributed by atoms with Gasteiger partial charge in [0, 0.05) is 11.8 Å². The molecular weight excluding hydrogens is 292 g/mol. The van der Waals surface area contributed by atoms with Gasteiger partial charge in [-0.05, 0) is 25.2 Å². The molecule has 0 amide bonds. The van der Waals surface area contributed by atoms with E-state index in [9.17, 15) is 4.79 Å². The number of carbonyl (C=O) groups excluding carboxylic acids is 1. The lowest BCUT2D eigenvalue weighted by Crippen LogP contribution is -2.09. The van der Waals surface area contributed by atoms with Gasteiger partial charge in [-0.1, -0.05) is 61.9 Å². The predicted molar refractivity (Wildman–Crippen MR) is 81.1 cm³/mol. The van der Waals surface area contributed by atoms with Crippen LogP contribution in [0.15, 0.2) is 0 Å². The van der Waals surface area contributed by atoms with Gasteiger partial charge in [-0.15, -0.1) is 0 Å². The Morgan fingerprint density at radius 3 is 2.50 bits per heavy atom. The number of hydrogen-bond acceptors (Lipinski definition) is 2. The van der Waals surface area contributed by atoms with E-state index in [1.54, 1.807) is 0 Å². The average molecular weight is 321 g/mol. The number of esters is 1. The Balaban J connectivity index is 3.47. The molecule has 0 saturated heterocycles. The van der Waals surface area contributed by atoms with Gasteiger partial charge in [0.05, 0.1) is 6.61 Å². The largest absolute Gasteiger partial charge is 0.466 e. The first kappa shape index (κ1) is 17.9. The van der Waals surface area contributed by atoms with Gasteiger partial charge in [-0.3, -0.25) is 4.79 Å². The summed E-state index contributed by atoms with van der Waals surface area (Å²) in [5.41, 5.74) is 0. The Labute approximate surface area is 121 Å². The van der Waals surface area contributed by atoms with Crippen molar-refractivity contribution in [3.05, 3.63) is 0 Å². The molecule has 2 nitrogen and oxygen atoms in total. The maximum atomic E-state index is 11.5. The molecule has 1 unspecified atom stereocenters. The third-order valence-electron chi connectivity index (χ3n) is 3.35. The fraction of sp³-hybridized carbons (Fsp3) is 0.933. The minimum Gasteiger partial charge on any atom is -0.466 e. The van der Waals surface area contributed by atoms with Crippen LogP contribution in [0.25, 0.3) is 0 Å². The summed E-state index contributed by atoms with van der Waals surface area (Å²) in [4.78, 5) is 11.5. The van der Waals surface area contributed by atoms with Crippen LogP contribution in [0, 0.1) is 5.92 Å². The number of rotatable bonds is 12. The smallest absolute Gasteiger partial charge is 0.305 e. The van der Waals surface area contributed by atoms with Crippen molar-refractivity contribution in [1.82, 2.24) is 0 Å². The Morgan fingerprint density at radius 2 is 1.89 bits per heavy atom. The van der Waals surface area contributed by atoms with Gasteiger partial charge in [-0.25, -0.2) is 0 Å². The van der Waals surface area contributed by atoms with Crippen LogP contribution < -0.4 is 0 Å². The quantitative estimate of drug-likeness (QED) is 0.284. The van der Waals surface area contributed by atoms with Crippen LogP contribution in [0.1, 0.15) is 71.6 Å². The van der Waals surface area contributed by atoms with E-state index < -0.39 is 0 Å². The highest BCUT2D eigenvalue weighted by atomic mass is 79.9. The number of alkyl halides is 1. The SMILES string of the molecule is CCCCC(CC)CCOC(=O)CCCCCBr. The Kier molecular flexibility index (Phi) is 13.3. The second-order valence-corrected chi connectivity index (χ2v) is 5.72. The van der Waals surface area contributed by atoms with Crippen molar-refractivity contribution in [1.29, 1.82) is 0 Å². The summed E-state index contributed by atoms with van der Waals surface area (Å²) in [6, 6.07) is 0. The number of carbonyl (C=O) groups is 1. The van der Waals surface area contributed by atoms with Crippen molar-refractivity contribution >= 4 is 21.9 Å². The van der Waals surface area contributed by atoms with Gasteiger partial charge < -0.3 is 4.74 Å². The van der Waals surface area contributed by atoms with Crippen LogP contribution in [0.5, 0.6) is 0 Å². The molecule has 0 N–H and O–H groups in total. The zero-order valence-corrected chi connectivity index (χ0v) is 13.6. The molecule has 0 aliphatic heterocycles. The van der Waals surface area contributed by atoms with Crippen molar-refractivity contribution < 1.29 is 9.53 Å². The maximum Gasteiger partial charge on any atom is 0.305 e. The van der Waals surface area contributed by atoms with E-state index in [0.717, 1.165) is 36.9 Å². The highest BCUT2D eigenvalue weighted by Crippen LogP contribution is 2.16. The minimum absolute atomic E-state index is 0.0186. The molecule has 18 heavy (non-hydrogen) atoms. The fourth-order valence-electron chi connectivity index (χ4n) is 2.00. The van der Waals surface area contributed by atoms with Crippen LogP contribution in [0.4, 0.5) is 0 Å². The van der Waals surface area contributed by atoms with E-state index >= 15 is 0 Å². The van der Waals surface area contributed by atoms with Gasteiger partial charge in [-0.2, -0.15) is 0 Å². The molecule has 0 radical (unpaired) electrons. The van der Waals surface area contributed by atoms with E-state index in [1.165, 1.54) is 25.7 Å². The third-order valence-corrected chi connectivity index (χ3v) is 3.91. The van der Waals surface area contributed by atoms with Gasteiger partial charge in [0.25, 0.3) is 0 Å². The number of hydrogen-bond donors (Lipinski definition) is 0. The molecule has 3 heteroatoms. The highest BCUT2D eigenvalue weighted by molar-refractivity contribution is 9.09. The molecule has 108 valence electrons. The van der Waals surface area contributed by atoms with Gasteiger partial charge >= 0.3 is 5.97 Å². The average Bonchev–Trinajstić information content (AvgIpc) is 2.38. The summed E-state index contributed by atoms with van der Waals surface area (Å²) < 4.78 is 5.28. The topological polar surface area (TPSA) is 26.3 Å². The molecule has 0 aliphatic carbocycles. The minimum atomic E-state index is -0.0186. The molecule has 0 bridgehead atoms. The van der Waals surface area contributed by atoms with Crippen LogP contribution in [-0.4, -0.2) is 17.9 Å². The van der Waals surface area contributed by atoms with Gasteiger partial charge in [0.1, 0.15) is 0 Å². The van der Waals surface area contributed by atoms with E-state index in [1.807, 2.05) is 0 Å². The first-order valence-corrected chi connectivity index (χ1v) is 8.58. The summed E-state index contributed by atoms with van der Waals surface area (Å²) in [7, 11) is 0. The van der Waals surface area contributed by atoms with Gasteiger partial charge in [0.2, 0.25) is 0 Å². The van der Waals surface area contributed by atoms with Gasteiger partial charge in [0.15, 0.2) is 0 Å². The monoisotopic (exact) mass is 320 g/mol. The molecule has 0 spiro atoms. The summed E-state index contributed by atoms with van der Waals surface area (Å²) in [5.74, 6) is 0.709. The molecule has 0 heterocycles. The summed E-state index contributed by atoms with van der Waals surface area (Å²) >= 11 is 3.39. The summed E-state index contributed by atoms with van der Waals surface area (Å²) in [6.45, 7) is 5.06. The molecule has 0 aromatic carbocycles. The predicted octanol–water partition coefficient (Wildman–Crippen LogP) is 5.09. The van der Waals surface area contributed by atoms with Crippen LogP contribution >= 0.6 is 15.9 Å². The lowest BCUT2D eigenvalue weighted by molar-refractivity contribution is -0.144. The Hall–Kier alpha value is -0.0500. The third kappa shape index (κ3) is 11.1. The number of unbranched alkanes of at least 4 members (excludes halogenated alkanes) is 3. The van der Waals surface area contributed by atoms with Crippen molar-refractivity contribution in [2.45, 2.75) is 71.6 Å². The number of halogens is 1. The second-order valence-electron chi connectivity index (χ2n) is 4.93. The van der Waals surface area contributed by atoms with E-state index in [0.29, 0.717) is 13.0 Å². The van der Waals surface area contributed by atoms with Crippen LogP contribution in [-0.2, 0) is 9.53 Å². The first-order chi connectivity index (χ1) is 8.74. The zero-order chi connectivity index (χ0) is 13.6. The Morgan fingerprint density at radius 1 is 1.11 bits per heavy atom. The fourth-order valence-corrected chi connectivity index (χ4v) is 2.39. The van der Waals surface area contributed by atoms with Crippen LogP contribution in [0.3, 0.4) is 0 Å². The van der Waals surface area contributed by atoms with E-state index in [-0.39, 0.29) is 5.97 Å². The molecule has 0 aromatic rings. The molecular formula is C15H29BrO2. The van der Waals surface area contributed by atoms with Crippen molar-refractivity contribution in [2.24, 2.45) is 5.92 Å². The van der Waals surface area contributed by atoms with E-state index in [2.05, 4.69) is 29.8 Å². The zero-order valence-electron chi connectivity index (χ0n) is 12.0. The summed E-state index contributed by atoms with van der Waals surface area (Å²) in [5, 5.41) is 1.03. The van der Waals surface area contributed by atoms with Crippen LogP contribution in [0.2, 0.25) is 0 Å². The van der Waals surface area contributed by atoms with Crippen molar-refractivity contribution in [2.75, 3.05) is 11.9 Å². The highest BCUT2D eigenvalue weighted by Gasteiger charge is 2.08. The Bertz CT molecular complexity index is 195. The van der Waals surface area contributed by atoms with E-state index in [4.69, 9.17) is 4.74 Å². The molecule has 0 aliphatic rings. The molecule has 0 aromatic heterocycles. The van der Waals surface area contributed by atoms with Crippen molar-refractivity contribution in [3.63, 3.8) is 0 Å². The lowest BCUT2D eigenvalue weighted by atomic mass is 9.96.